The van der Waals surface area contributed by atoms with Crippen molar-refractivity contribution in [3.8, 4) is 22.8 Å². The summed E-state index contributed by atoms with van der Waals surface area (Å²) in [6.45, 7) is 4.53. The molecule has 0 aliphatic carbocycles. The molecule has 1 amide bonds. The number of carbonyl (C=O) groups excluding carboxylic acids is 1. The lowest BCUT2D eigenvalue weighted by atomic mass is 10.1. The topological polar surface area (TPSA) is 86.5 Å². The first-order chi connectivity index (χ1) is 13.2. The summed E-state index contributed by atoms with van der Waals surface area (Å²) in [4.78, 5) is 12.2. The number of aromatic nitrogens is 2. The molecule has 3 aromatic rings. The van der Waals surface area contributed by atoms with E-state index in [2.05, 4.69) is 15.6 Å². The van der Waals surface area contributed by atoms with Crippen molar-refractivity contribution in [2.45, 2.75) is 20.3 Å². The van der Waals surface area contributed by atoms with Crippen LogP contribution in [0.25, 0.3) is 11.3 Å². The molecule has 7 heteroatoms. The van der Waals surface area contributed by atoms with E-state index in [1.807, 2.05) is 56.3 Å². The number of hydrogen-bond donors (Lipinski definition) is 1. The molecule has 0 spiro atoms. The van der Waals surface area contributed by atoms with Crippen LogP contribution in [-0.4, -0.2) is 29.4 Å². The fourth-order valence-electron chi connectivity index (χ4n) is 2.41. The highest BCUT2D eigenvalue weighted by Crippen LogP contribution is 2.26. The number of rotatable bonds is 8. The Hall–Kier alpha value is -3.35. The molecule has 0 aliphatic rings. The number of ether oxygens (including phenoxy) is 2. The van der Waals surface area contributed by atoms with Gasteiger partial charge >= 0.3 is 0 Å². The molecular formula is C20H21N3O4. The van der Waals surface area contributed by atoms with Crippen molar-refractivity contribution in [1.82, 2.24) is 10.3 Å². The number of hydrogen-bond acceptors (Lipinski definition) is 6. The van der Waals surface area contributed by atoms with Crippen molar-refractivity contribution in [3.05, 3.63) is 54.1 Å². The number of benzene rings is 2. The smallest absolute Gasteiger partial charge is 0.263 e. The molecule has 2 aromatic carbocycles. The largest absolute Gasteiger partial charge is 0.494 e. The maximum Gasteiger partial charge on any atom is 0.263 e. The maximum atomic E-state index is 12.2. The van der Waals surface area contributed by atoms with Gasteiger partial charge in [-0.05, 0) is 65.6 Å². The normalized spacial score (nSPS) is 10.4. The summed E-state index contributed by atoms with van der Waals surface area (Å²) in [5.41, 5.74) is 2.26. The number of nitrogens with one attached hydrogen (secondary N) is 1. The second-order valence-corrected chi connectivity index (χ2v) is 5.99. The molecule has 0 atom stereocenters. The Kier molecular flexibility index (Phi) is 6.04. The Labute approximate surface area is 157 Å². The second-order valence-electron chi connectivity index (χ2n) is 5.99. The molecule has 1 N–H and O–H groups in total. The van der Waals surface area contributed by atoms with Gasteiger partial charge in [-0.2, -0.15) is 0 Å². The van der Waals surface area contributed by atoms with E-state index in [1.54, 1.807) is 6.07 Å². The van der Waals surface area contributed by atoms with Crippen LogP contribution in [-0.2, 0) is 4.79 Å². The van der Waals surface area contributed by atoms with E-state index >= 15 is 0 Å². The summed E-state index contributed by atoms with van der Waals surface area (Å²) < 4.78 is 15.8. The monoisotopic (exact) mass is 367 g/mol. The van der Waals surface area contributed by atoms with Gasteiger partial charge in [0.2, 0.25) is 5.82 Å². The van der Waals surface area contributed by atoms with Crippen molar-refractivity contribution < 1.29 is 18.9 Å². The first kappa shape index (κ1) is 18.4. The van der Waals surface area contributed by atoms with Crippen LogP contribution >= 0.6 is 0 Å². The highest BCUT2D eigenvalue weighted by molar-refractivity contribution is 5.94. The third-order valence-corrected chi connectivity index (χ3v) is 3.71. The summed E-state index contributed by atoms with van der Waals surface area (Å²) in [6.07, 6.45) is 0.940. The van der Waals surface area contributed by atoms with Crippen molar-refractivity contribution in [2.24, 2.45) is 0 Å². The van der Waals surface area contributed by atoms with Gasteiger partial charge < -0.3 is 14.8 Å². The average molecular weight is 367 g/mol. The molecule has 27 heavy (non-hydrogen) atoms. The standard InChI is InChI=1S/C20H21N3O4/c1-3-11-25-16-9-7-15(8-10-16)19-20(23-27-22-19)21-18(24)13-26-17-6-4-5-14(2)12-17/h4-10,12H,3,11,13H2,1-2H3,(H,21,23,24). The van der Waals surface area contributed by atoms with Gasteiger partial charge in [-0.3, -0.25) is 4.79 Å². The quantitative estimate of drug-likeness (QED) is 0.651. The van der Waals surface area contributed by atoms with Crippen LogP contribution < -0.4 is 14.8 Å². The lowest BCUT2D eigenvalue weighted by Gasteiger charge is -2.07. The zero-order valence-electron chi connectivity index (χ0n) is 15.3. The van der Waals surface area contributed by atoms with E-state index < -0.39 is 0 Å². The predicted molar refractivity (Wildman–Crippen MR) is 101 cm³/mol. The predicted octanol–water partition coefficient (Wildman–Crippen LogP) is 3.85. The van der Waals surface area contributed by atoms with Crippen LogP contribution in [0.1, 0.15) is 18.9 Å². The van der Waals surface area contributed by atoms with Gasteiger partial charge in [0.1, 0.15) is 11.5 Å². The molecule has 0 aliphatic heterocycles. The van der Waals surface area contributed by atoms with Gasteiger partial charge in [0.05, 0.1) is 6.61 Å². The minimum Gasteiger partial charge on any atom is -0.494 e. The lowest BCUT2D eigenvalue weighted by molar-refractivity contribution is -0.118. The second kappa shape index (κ2) is 8.84. The third-order valence-electron chi connectivity index (χ3n) is 3.71. The number of aryl methyl sites for hydroxylation is 1. The Morgan fingerprint density at radius 3 is 2.63 bits per heavy atom. The number of amides is 1. The molecule has 0 saturated carbocycles. The molecule has 0 unspecified atom stereocenters. The molecule has 1 heterocycles. The van der Waals surface area contributed by atoms with Gasteiger partial charge in [-0.1, -0.05) is 19.1 Å². The summed E-state index contributed by atoms with van der Waals surface area (Å²) in [5.74, 6) is 1.30. The molecule has 0 bridgehead atoms. The number of nitrogens with zero attached hydrogens (tertiary/aromatic N) is 2. The maximum absolute atomic E-state index is 12.2. The third kappa shape index (κ3) is 5.07. The molecule has 0 fully saturated rings. The molecule has 3 rings (SSSR count). The zero-order chi connectivity index (χ0) is 19.1. The van der Waals surface area contributed by atoms with Crippen LogP contribution in [0.3, 0.4) is 0 Å². The summed E-state index contributed by atoms with van der Waals surface area (Å²) in [5, 5.41) is 10.3. The minimum absolute atomic E-state index is 0.139. The van der Waals surface area contributed by atoms with Crippen molar-refractivity contribution in [3.63, 3.8) is 0 Å². The van der Waals surface area contributed by atoms with E-state index in [4.69, 9.17) is 14.1 Å². The highest BCUT2D eigenvalue weighted by atomic mass is 16.6. The van der Waals surface area contributed by atoms with E-state index in [-0.39, 0.29) is 18.3 Å². The number of carbonyl (C=O) groups is 1. The van der Waals surface area contributed by atoms with Gasteiger partial charge in [0.15, 0.2) is 12.3 Å². The van der Waals surface area contributed by atoms with Gasteiger partial charge in [0, 0.05) is 5.56 Å². The molecule has 140 valence electrons. The van der Waals surface area contributed by atoms with Crippen LogP contribution in [0, 0.1) is 6.92 Å². The van der Waals surface area contributed by atoms with Crippen LogP contribution in [0.5, 0.6) is 11.5 Å². The van der Waals surface area contributed by atoms with Crippen molar-refractivity contribution >= 4 is 11.7 Å². The van der Waals surface area contributed by atoms with E-state index in [0.717, 1.165) is 23.3 Å². The molecule has 7 nitrogen and oxygen atoms in total. The average Bonchev–Trinajstić information content (AvgIpc) is 3.13. The van der Waals surface area contributed by atoms with Crippen LogP contribution in [0.2, 0.25) is 0 Å². The Bertz CT molecular complexity index is 890. The number of anilines is 1. The highest BCUT2D eigenvalue weighted by Gasteiger charge is 2.15. The molecule has 0 radical (unpaired) electrons. The lowest BCUT2D eigenvalue weighted by Crippen LogP contribution is -2.20. The zero-order valence-corrected chi connectivity index (χ0v) is 15.3. The fourth-order valence-corrected chi connectivity index (χ4v) is 2.41. The molecule has 1 aromatic heterocycles. The van der Waals surface area contributed by atoms with Gasteiger partial charge in [-0.25, -0.2) is 4.63 Å². The van der Waals surface area contributed by atoms with Crippen molar-refractivity contribution in [1.29, 1.82) is 0 Å². The van der Waals surface area contributed by atoms with E-state index in [9.17, 15) is 4.79 Å². The summed E-state index contributed by atoms with van der Waals surface area (Å²) >= 11 is 0. The summed E-state index contributed by atoms with van der Waals surface area (Å²) in [6, 6.07) is 14.8. The fraction of sp³-hybridized carbons (Fsp3) is 0.250. The Morgan fingerprint density at radius 2 is 1.89 bits per heavy atom. The van der Waals surface area contributed by atoms with Gasteiger partial charge in [0.25, 0.3) is 5.91 Å². The Morgan fingerprint density at radius 1 is 1.07 bits per heavy atom. The molecular weight excluding hydrogens is 346 g/mol. The van der Waals surface area contributed by atoms with E-state index in [0.29, 0.717) is 18.1 Å². The Balaban J connectivity index is 1.61. The van der Waals surface area contributed by atoms with Crippen molar-refractivity contribution in [2.75, 3.05) is 18.5 Å². The van der Waals surface area contributed by atoms with Gasteiger partial charge in [-0.15, -0.1) is 0 Å². The summed E-state index contributed by atoms with van der Waals surface area (Å²) in [7, 11) is 0. The minimum atomic E-state index is -0.351. The molecule has 0 saturated heterocycles. The first-order valence-electron chi connectivity index (χ1n) is 8.71. The SMILES string of the molecule is CCCOc1ccc(-c2nonc2NC(=O)COc2cccc(C)c2)cc1. The van der Waals surface area contributed by atoms with Crippen LogP contribution in [0.4, 0.5) is 5.82 Å². The van der Waals surface area contributed by atoms with E-state index in [1.165, 1.54) is 0 Å². The van der Waals surface area contributed by atoms with Crippen LogP contribution in [0.15, 0.2) is 53.2 Å². The first-order valence-corrected chi connectivity index (χ1v) is 8.71.